The number of nitrogens with two attached hydrogens (primary N) is 1. The normalized spacial score (nSPS) is 13.5. The molecule has 4 aromatic rings. The molecule has 1 amide bonds. The summed E-state index contributed by atoms with van der Waals surface area (Å²) in [5.41, 5.74) is 8.61. The summed E-state index contributed by atoms with van der Waals surface area (Å²) in [6.07, 6.45) is 1.85. The van der Waals surface area contributed by atoms with E-state index in [1.54, 1.807) is 28.8 Å². The van der Waals surface area contributed by atoms with Crippen LogP contribution in [0.4, 0.5) is 15.2 Å². The van der Waals surface area contributed by atoms with Crippen LogP contribution in [0.5, 0.6) is 0 Å². The van der Waals surface area contributed by atoms with E-state index in [-0.39, 0.29) is 36.5 Å². The smallest absolute Gasteiger partial charge is 0.256 e. The molecule has 32 heavy (non-hydrogen) atoms. The molecule has 1 fully saturated rings. The van der Waals surface area contributed by atoms with Gasteiger partial charge < -0.3 is 15.5 Å². The van der Waals surface area contributed by atoms with Crippen LogP contribution in [0.15, 0.2) is 54.7 Å². The fraction of sp³-hybridized carbons (Fsp3) is 0.190. The summed E-state index contributed by atoms with van der Waals surface area (Å²) < 4.78 is 14.9. The molecule has 3 heterocycles. The van der Waals surface area contributed by atoms with Gasteiger partial charge in [0.15, 0.2) is 0 Å². The maximum Gasteiger partial charge on any atom is 0.256 e. The Morgan fingerprint density at radius 2 is 1.69 bits per heavy atom. The van der Waals surface area contributed by atoms with Gasteiger partial charge in [0.1, 0.15) is 5.82 Å². The molecular weight excluding hydrogens is 474 g/mol. The number of piperazine rings is 1. The molecule has 2 N–H and O–H groups in total. The maximum absolute atomic E-state index is 13.1. The Morgan fingerprint density at radius 3 is 2.34 bits per heavy atom. The van der Waals surface area contributed by atoms with E-state index in [0.29, 0.717) is 37.4 Å². The van der Waals surface area contributed by atoms with E-state index >= 15 is 0 Å². The number of imidazole rings is 1. The summed E-state index contributed by atoms with van der Waals surface area (Å²) in [6, 6.07) is 13.4. The zero-order valence-corrected chi connectivity index (χ0v) is 19.3. The fourth-order valence-corrected chi connectivity index (χ4v) is 4.47. The third-order valence-corrected chi connectivity index (χ3v) is 6.18. The Labute approximate surface area is 200 Å². The van der Waals surface area contributed by atoms with Gasteiger partial charge in [-0.25, -0.2) is 13.9 Å². The minimum Gasteiger partial charge on any atom is -0.398 e. The second-order valence-corrected chi connectivity index (χ2v) is 8.05. The summed E-state index contributed by atoms with van der Waals surface area (Å²) in [5, 5.41) is 5.51. The number of benzene rings is 2. The number of halogens is 3. The van der Waals surface area contributed by atoms with Crippen LogP contribution in [0, 0.1) is 5.82 Å². The molecule has 0 bridgehead atoms. The molecule has 168 valence electrons. The van der Waals surface area contributed by atoms with Crippen molar-refractivity contribution in [3.8, 4) is 11.3 Å². The highest BCUT2D eigenvalue weighted by molar-refractivity contribution is 7.20. The van der Waals surface area contributed by atoms with Crippen molar-refractivity contribution in [2.45, 2.75) is 0 Å². The summed E-state index contributed by atoms with van der Waals surface area (Å²) in [7, 11) is 0. The Hall–Kier alpha value is -2.88. The summed E-state index contributed by atoms with van der Waals surface area (Å²) in [5.74, 6) is -0.307. The quantitative estimate of drug-likeness (QED) is 0.435. The number of rotatable bonds is 3. The van der Waals surface area contributed by atoms with Gasteiger partial charge in [0, 0.05) is 37.4 Å². The van der Waals surface area contributed by atoms with Gasteiger partial charge in [-0.1, -0.05) is 23.5 Å². The molecule has 5 rings (SSSR count). The first-order valence-electron chi connectivity index (χ1n) is 9.59. The number of carbonyl (C=O) groups is 1. The molecule has 11 heteroatoms. The molecule has 2 aromatic heterocycles. The molecule has 1 aliphatic rings. The van der Waals surface area contributed by atoms with Crippen LogP contribution in [0.3, 0.4) is 0 Å². The number of para-hydroxylation sites is 1. The van der Waals surface area contributed by atoms with Crippen molar-refractivity contribution in [1.82, 2.24) is 19.5 Å². The Balaban J connectivity index is 0.00000144. The highest BCUT2D eigenvalue weighted by Gasteiger charge is 2.25. The van der Waals surface area contributed by atoms with E-state index in [4.69, 9.17) is 5.73 Å². The SMILES string of the molecule is Cl.Cl.Nc1ccccc1C(=O)N1CCN(c2nn3cc(-c4ccc(F)cc4)nc3s2)CC1. The molecule has 2 aromatic carbocycles. The molecule has 7 nitrogen and oxygen atoms in total. The number of hydrogen-bond donors (Lipinski definition) is 1. The van der Waals surface area contributed by atoms with Gasteiger partial charge in [-0.05, 0) is 36.4 Å². The second kappa shape index (κ2) is 9.72. The lowest BCUT2D eigenvalue weighted by Gasteiger charge is -2.34. The van der Waals surface area contributed by atoms with Crippen LogP contribution in [0.1, 0.15) is 10.4 Å². The average molecular weight is 495 g/mol. The zero-order valence-electron chi connectivity index (χ0n) is 16.8. The third kappa shape index (κ3) is 4.50. The van der Waals surface area contributed by atoms with Crippen LogP contribution in [0.25, 0.3) is 16.2 Å². The predicted octanol–water partition coefficient (Wildman–Crippen LogP) is 3.99. The van der Waals surface area contributed by atoms with Crippen LogP contribution < -0.4 is 10.6 Å². The Kier molecular flexibility index (Phi) is 7.22. The van der Waals surface area contributed by atoms with E-state index in [2.05, 4.69) is 15.0 Å². The second-order valence-electron chi connectivity index (χ2n) is 7.11. The van der Waals surface area contributed by atoms with Crippen LogP contribution in [0.2, 0.25) is 0 Å². The van der Waals surface area contributed by atoms with E-state index < -0.39 is 0 Å². The average Bonchev–Trinajstić information content (AvgIpc) is 3.34. The van der Waals surface area contributed by atoms with E-state index in [1.165, 1.54) is 23.5 Å². The van der Waals surface area contributed by atoms with Crippen molar-refractivity contribution >= 4 is 57.8 Å². The largest absolute Gasteiger partial charge is 0.398 e. The molecule has 1 saturated heterocycles. The van der Waals surface area contributed by atoms with Gasteiger partial charge in [-0.15, -0.1) is 29.9 Å². The first kappa shape index (κ1) is 23.8. The molecule has 0 atom stereocenters. The van der Waals surface area contributed by atoms with Gasteiger partial charge in [-0.3, -0.25) is 4.79 Å². The maximum atomic E-state index is 13.1. The van der Waals surface area contributed by atoms with E-state index in [0.717, 1.165) is 21.3 Å². The lowest BCUT2D eigenvalue weighted by Crippen LogP contribution is -2.49. The highest BCUT2D eigenvalue weighted by atomic mass is 35.5. The highest BCUT2D eigenvalue weighted by Crippen LogP contribution is 2.28. The Bertz CT molecular complexity index is 1190. The van der Waals surface area contributed by atoms with Crippen molar-refractivity contribution in [3.05, 3.63) is 66.1 Å². The van der Waals surface area contributed by atoms with Gasteiger partial charge in [-0.2, -0.15) is 0 Å². The van der Waals surface area contributed by atoms with Gasteiger partial charge in [0.05, 0.1) is 17.5 Å². The van der Waals surface area contributed by atoms with E-state index in [9.17, 15) is 9.18 Å². The number of nitrogens with zero attached hydrogens (tertiary/aromatic N) is 5. The number of nitrogen functional groups attached to an aromatic ring is 1. The lowest BCUT2D eigenvalue weighted by atomic mass is 10.1. The summed E-state index contributed by atoms with van der Waals surface area (Å²) in [6.45, 7) is 2.60. The molecule has 0 aliphatic carbocycles. The number of carbonyl (C=O) groups excluding carboxylic acids is 1. The first-order chi connectivity index (χ1) is 14.6. The Morgan fingerprint density at radius 1 is 1.00 bits per heavy atom. The van der Waals surface area contributed by atoms with Crippen molar-refractivity contribution in [2.75, 3.05) is 36.8 Å². The molecule has 0 saturated carbocycles. The summed E-state index contributed by atoms with van der Waals surface area (Å²) in [4.78, 5) is 22.1. The monoisotopic (exact) mass is 494 g/mol. The van der Waals surface area contributed by atoms with Crippen LogP contribution in [-0.4, -0.2) is 51.6 Å². The van der Waals surface area contributed by atoms with Crippen molar-refractivity contribution in [1.29, 1.82) is 0 Å². The van der Waals surface area contributed by atoms with Gasteiger partial charge in [0.2, 0.25) is 10.1 Å². The van der Waals surface area contributed by atoms with Crippen molar-refractivity contribution < 1.29 is 9.18 Å². The van der Waals surface area contributed by atoms with Crippen molar-refractivity contribution in [2.24, 2.45) is 0 Å². The fourth-order valence-electron chi connectivity index (χ4n) is 3.54. The minimum atomic E-state index is -0.271. The predicted molar refractivity (Wildman–Crippen MR) is 130 cm³/mol. The summed E-state index contributed by atoms with van der Waals surface area (Å²) >= 11 is 1.50. The van der Waals surface area contributed by atoms with Crippen molar-refractivity contribution in [3.63, 3.8) is 0 Å². The van der Waals surface area contributed by atoms with Gasteiger partial charge in [0.25, 0.3) is 5.91 Å². The minimum absolute atomic E-state index is 0. The number of aromatic nitrogens is 3. The number of amides is 1. The van der Waals surface area contributed by atoms with Gasteiger partial charge >= 0.3 is 0 Å². The molecule has 0 unspecified atom stereocenters. The first-order valence-corrected chi connectivity index (χ1v) is 10.4. The van der Waals surface area contributed by atoms with Crippen LogP contribution in [-0.2, 0) is 0 Å². The topological polar surface area (TPSA) is 79.8 Å². The lowest BCUT2D eigenvalue weighted by molar-refractivity contribution is 0.0748. The molecule has 0 radical (unpaired) electrons. The standard InChI is InChI=1S/C21H19FN6OS.2ClH/c22-15-7-5-14(6-8-15)18-13-28-20(24-18)30-21(25-28)27-11-9-26(10-12-27)19(29)16-3-1-2-4-17(16)23;;/h1-8,13H,9-12,23H2;2*1H. The molecular formula is C21H21Cl2FN6OS. The number of hydrogen-bond acceptors (Lipinski definition) is 6. The van der Waals surface area contributed by atoms with E-state index in [1.807, 2.05) is 23.2 Å². The molecule has 0 spiro atoms. The number of anilines is 2. The zero-order chi connectivity index (χ0) is 20.7. The molecule has 1 aliphatic heterocycles. The third-order valence-electron chi connectivity index (χ3n) is 5.20. The van der Waals surface area contributed by atoms with Crippen LogP contribution >= 0.6 is 36.2 Å². The number of fused-ring (bicyclic) bond motifs is 1.